The molecule has 120 valence electrons. The smallest absolute Gasteiger partial charge is 0.250 e. The van der Waals surface area contributed by atoms with Crippen LogP contribution in [0.4, 0.5) is 5.69 Å². The molecule has 1 unspecified atom stereocenters. The van der Waals surface area contributed by atoms with Crippen molar-refractivity contribution in [3.05, 3.63) is 46.8 Å². The monoisotopic (exact) mass is 340 g/mol. The van der Waals surface area contributed by atoms with Gasteiger partial charge >= 0.3 is 0 Å². The van der Waals surface area contributed by atoms with Crippen LogP contribution in [-0.4, -0.2) is 34.2 Å². The molecule has 0 aliphatic rings. The Kier molecular flexibility index (Phi) is 5.23. The summed E-state index contributed by atoms with van der Waals surface area (Å²) in [7, 11) is 0.302. The summed E-state index contributed by atoms with van der Waals surface area (Å²) >= 11 is 1.21. The molecule has 1 aromatic carbocycles. The van der Waals surface area contributed by atoms with Crippen molar-refractivity contribution in [3.8, 4) is 0 Å². The lowest BCUT2D eigenvalue weighted by molar-refractivity contribution is 0.182. The van der Waals surface area contributed by atoms with Crippen LogP contribution < -0.4 is 9.62 Å². The first kappa shape index (κ1) is 17.0. The molecule has 2 N–H and O–H groups in total. The highest BCUT2D eigenvalue weighted by Gasteiger charge is 2.18. The maximum atomic E-state index is 12.1. The lowest BCUT2D eigenvalue weighted by atomic mass is 10.1. The van der Waals surface area contributed by atoms with Crippen LogP contribution in [0.2, 0.25) is 0 Å². The van der Waals surface area contributed by atoms with Gasteiger partial charge < -0.3 is 10.0 Å². The number of aliphatic hydroxyl groups is 1. The Morgan fingerprint density at radius 3 is 2.32 bits per heavy atom. The van der Waals surface area contributed by atoms with Crippen molar-refractivity contribution in [1.82, 2.24) is 4.72 Å². The molecule has 1 atom stereocenters. The van der Waals surface area contributed by atoms with Gasteiger partial charge in [0.1, 0.15) is 4.21 Å². The quantitative estimate of drug-likeness (QED) is 0.845. The summed E-state index contributed by atoms with van der Waals surface area (Å²) in [5.74, 6) is 0. The molecule has 5 nitrogen and oxygen atoms in total. The van der Waals surface area contributed by atoms with Crippen molar-refractivity contribution in [2.45, 2.75) is 17.2 Å². The van der Waals surface area contributed by atoms with Crippen molar-refractivity contribution >= 4 is 27.0 Å². The number of aryl methyl sites for hydroxylation is 1. The van der Waals surface area contributed by atoms with Crippen molar-refractivity contribution < 1.29 is 13.5 Å². The van der Waals surface area contributed by atoms with E-state index in [0.29, 0.717) is 5.56 Å². The van der Waals surface area contributed by atoms with E-state index in [1.807, 2.05) is 38.1 Å². The van der Waals surface area contributed by atoms with Gasteiger partial charge in [-0.2, -0.15) is 0 Å². The van der Waals surface area contributed by atoms with Gasteiger partial charge in [0.25, 0.3) is 0 Å². The first-order valence-corrected chi connectivity index (χ1v) is 9.11. The van der Waals surface area contributed by atoms with E-state index < -0.39 is 16.1 Å². The Hall–Kier alpha value is -1.41. The van der Waals surface area contributed by atoms with Crippen molar-refractivity contribution in [3.63, 3.8) is 0 Å². The van der Waals surface area contributed by atoms with E-state index in [0.717, 1.165) is 10.6 Å². The molecule has 1 aromatic heterocycles. The van der Waals surface area contributed by atoms with Crippen LogP contribution in [0.3, 0.4) is 0 Å². The van der Waals surface area contributed by atoms with E-state index in [4.69, 9.17) is 0 Å². The molecular weight excluding hydrogens is 320 g/mol. The van der Waals surface area contributed by atoms with Gasteiger partial charge in [-0.1, -0.05) is 12.1 Å². The summed E-state index contributed by atoms with van der Waals surface area (Å²) in [6.07, 6.45) is -0.882. The number of aliphatic hydroxyl groups excluding tert-OH is 1. The summed E-state index contributed by atoms with van der Waals surface area (Å²) in [5, 5.41) is 10.1. The summed E-state index contributed by atoms with van der Waals surface area (Å²) in [6.45, 7) is 1.80. The zero-order chi connectivity index (χ0) is 16.3. The van der Waals surface area contributed by atoms with Gasteiger partial charge in [-0.05, 0) is 36.8 Å². The van der Waals surface area contributed by atoms with Gasteiger partial charge in [0.2, 0.25) is 10.0 Å². The van der Waals surface area contributed by atoms with E-state index in [1.165, 1.54) is 11.3 Å². The maximum absolute atomic E-state index is 12.1. The molecule has 0 radical (unpaired) electrons. The average Bonchev–Trinajstić information content (AvgIpc) is 2.92. The van der Waals surface area contributed by atoms with Crippen molar-refractivity contribution in [2.75, 3.05) is 25.5 Å². The molecule has 22 heavy (non-hydrogen) atoms. The number of sulfonamides is 1. The topological polar surface area (TPSA) is 69.6 Å². The van der Waals surface area contributed by atoms with Crippen LogP contribution in [0, 0.1) is 6.92 Å². The number of hydrogen-bond acceptors (Lipinski definition) is 5. The number of hydrogen-bond donors (Lipinski definition) is 2. The normalized spacial score (nSPS) is 13.1. The SMILES string of the molecule is Cc1ccc(S(=O)(=O)NCC(O)c2ccc(N(C)C)cc2)s1. The Bertz CT molecular complexity index is 722. The Morgan fingerprint density at radius 1 is 1.18 bits per heavy atom. The number of thiophene rings is 1. The van der Waals surface area contributed by atoms with E-state index >= 15 is 0 Å². The molecule has 2 rings (SSSR count). The van der Waals surface area contributed by atoms with Gasteiger partial charge in [-0.3, -0.25) is 0 Å². The third-order valence-electron chi connectivity index (χ3n) is 3.24. The Morgan fingerprint density at radius 2 is 1.82 bits per heavy atom. The second kappa shape index (κ2) is 6.78. The minimum absolute atomic E-state index is 0.0550. The molecule has 0 fully saturated rings. The van der Waals surface area contributed by atoms with Crippen LogP contribution in [0.1, 0.15) is 16.5 Å². The van der Waals surface area contributed by atoms with E-state index in [-0.39, 0.29) is 10.8 Å². The number of anilines is 1. The number of benzene rings is 1. The van der Waals surface area contributed by atoms with E-state index in [2.05, 4.69) is 4.72 Å². The third kappa shape index (κ3) is 4.07. The van der Waals surface area contributed by atoms with Gasteiger partial charge in [0.05, 0.1) is 6.10 Å². The van der Waals surface area contributed by atoms with Gasteiger partial charge in [-0.25, -0.2) is 13.1 Å². The Balaban J connectivity index is 2.01. The molecule has 7 heteroatoms. The number of nitrogens with one attached hydrogen (secondary N) is 1. The average molecular weight is 340 g/mol. The second-order valence-corrected chi connectivity index (χ2v) is 8.50. The van der Waals surface area contributed by atoms with Gasteiger partial charge in [0.15, 0.2) is 0 Å². The fourth-order valence-corrected chi connectivity index (χ4v) is 4.29. The zero-order valence-electron chi connectivity index (χ0n) is 12.8. The minimum Gasteiger partial charge on any atom is -0.387 e. The number of rotatable bonds is 6. The third-order valence-corrected chi connectivity index (χ3v) is 6.16. The standard InChI is InChI=1S/C15H20N2O3S2/c1-11-4-9-15(21-11)22(19,20)16-10-14(18)12-5-7-13(8-6-12)17(2)3/h4-9,14,16,18H,10H2,1-3H3. The molecule has 0 spiro atoms. The molecule has 0 aliphatic carbocycles. The van der Waals surface area contributed by atoms with E-state index in [9.17, 15) is 13.5 Å². The fourth-order valence-electron chi connectivity index (χ4n) is 1.93. The Labute approximate surface area is 135 Å². The van der Waals surface area contributed by atoms with Gasteiger partial charge in [-0.15, -0.1) is 11.3 Å². The zero-order valence-corrected chi connectivity index (χ0v) is 14.4. The number of nitrogens with zero attached hydrogens (tertiary/aromatic N) is 1. The van der Waals surface area contributed by atoms with Crippen LogP contribution in [0.15, 0.2) is 40.6 Å². The summed E-state index contributed by atoms with van der Waals surface area (Å²) < 4.78 is 26.9. The summed E-state index contributed by atoms with van der Waals surface area (Å²) in [5.41, 5.74) is 1.70. The van der Waals surface area contributed by atoms with Crippen LogP contribution in [-0.2, 0) is 10.0 Å². The summed E-state index contributed by atoms with van der Waals surface area (Å²) in [6, 6.07) is 10.7. The highest BCUT2D eigenvalue weighted by molar-refractivity contribution is 7.91. The van der Waals surface area contributed by atoms with Crippen LogP contribution in [0.25, 0.3) is 0 Å². The van der Waals surface area contributed by atoms with Gasteiger partial charge in [0, 0.05) is 31.2 Å². The molecule has 0 saturated carbocycles. The molecule has 0 bridgehead atoms. The van der Waals surface area contributed by atoms with E-state index in [1.54, 1.807) is 24.3 Å². The molecule has 2 aromatic rings. The molecule has 0 aliphatic heterocycles. The van der Waals surface area contributed by atoms with Crippen LogP contribution >= 0.6 is 11.3 Å². The first-order valence-electron chi connectivity index (χ1n) is 6.81. The molecule has 1 heterocycles. The predicted molar refractivity (Wildman–Crippen MR) is 90.0 cm³/mol. The molecular formula is C15H20N2O3S2. The van der Waals surface area contributed by atoms with Crippen LogP contribution in [0.5, 0.6) is 0 Å². The highest BCUT2D eigenvalue weighted by Crippen LogP contribution is 2.21. The lowest BCUT2D eigenvalue weighted by Crippen LogP contribution is -2.28. The van der Waals surface area contributed by atoms with Crippen molar-refractivity contribution in [1.29, 1.82) is 0 Å². The second-order valence-electron chi connectivity index (χ2n) is 5.22. The van der Waals surface area contributed by atoms with Crippen molar-refractivity contribution in [2.24, 2.45) is 0 Å². The highest BCUT2D eigenvalue weighted by atomic mass is 32.2. The summed E-state index contributed by atoms with van der Waals surface area (Å²) in [4.78, 5) is 2.89. The minimum atomic E-state index is -3.56. The maximum Gasteiger partial charge on any atom is 0.250 e. The lowest BCUT2D eigenvalue weighted by Gasteiger charge is -2.15. The molecule has 0 saturated heterocycles. The molecule has 0 amide bonds. The fraction of sp³-hybridized carbons (Fsp3) is 0.333. The predicted octanol–water partition coefficient (Wildman–Crippen LogP) is 2.13. The first-order chi connectivity index (χ1) is 10.3. The largest absolute Gasteiger partial charge is 0.387 e.